The Hall–Kier alpha value is -1.57. The summed E-state index contributed by atoms with van der Waals surface area (Å²) in [6.45, 7) is 6.01. The van der Waals surface area contributed by atoms with Crippen molar-refractivity contribution < 1.29 is 23.6 Å². The Bertz CT molecular complexity index is 589. The van der Waals surface area contributed by atoms with Gasteiger partial charge in [-0.25, -0.2) is 4.90 Å². The summed E-state index contributed by atoms with van der Waals surface area (Å²) in [7, 11) is 0. The van der Waals surface area contributed by atoms with Crippen molar-refractivity contribution >= 4 is 29.0 Å². The summed E-state index contributed by atoms with van der Waals surface area (Å²) in [5, 5.41) is -0.220. The molecule has 6 nitrogen and oxygen atoms in total. The number of morpholine rings is 1. The molecule has 1 aromatic heterocycles. The molecule has 118 valence electrons. The maximum absolute atomic E-state index is 12.4. The van der Waals surface area contributed by atoms with Crippen LogP contribution in [0.15, 0.2) is 27.7 Å². The number of rotatable bonds is 3. The minimum absolute atomic E-state index is 0.136. The Balaban J connectivity index is 1.69. The van der Waals surface area contributed by atoms with E-state index in [4.69, 9.17) is 9.15 Å². The standard InChI is InChI=1S/C15H18N2O4S/c1-10-7-16(8-11(2)21-10)9-17-14(18)13(22-15(17)19)6-12-4-3-5-20-12/h3-6,10-11H,7-9H2,1-2H3/p+1/b13-6-/t10-,11-/m1/s1. The molecule has 0 saturated carbocycles. The number of imide groups is 1. The molecule has 0 radical (unpaired) electrons. The van der Waals surface area contributed by atoms with Gasteiger partial charge in [0.2, 0.25) is 0 Å². The van der Waals surface area contributed by atoms with E-state index in [9.17, 15) is 9.59 Å². The average molecular weight is 323 g/mol. The highest BCUT2D eigenvalue weighted by molar-refractivity contribution is 8.18. The van der Waals surface area contributed by atoms with Crippen molar-refractivity contribution in [3.63, 3.8) is 0 Å². The summed E-state index contributed by atoms with van der Waals surface area (Å²) in [6, 6.07) is 3.50. The van der Waals surface area contributed by atoms with E-state index < -0.39 is 0 Å². The van der Waals surface area contributed by atoms with Crippen molar-refractivity contribution in [2.24, 2.45) is 0 Å². The molecular formula is C15H19N2O4S+. The predicted octanol–water partition coefficient (Wildman–Crippen LogP) is 0.966. The zero-order valence-electron chi connectivity index (χ0n) is 12.6. The molecule has 2 aliphatic rings. The summed E-state index contributed by atoms with van der Waals surface area (Å²) in [5.41, 5.74) is 0. The fraction of sp³-hybridized carbons (Fsp3) is 0.467. The first-order chi connectivity index (χ1) is 10.5. The number of carbonyl (C=O) groups is 2. The molecule has 0 bridgehead atoms. The van der Waals surface area contributed by atoms with E-state index in [1.807, 2.05) is 13.8 Å². The van der Waals surface area contributed by atoms with Crippen molar-refractivity contribution in [1.82, 2.24) is 4.90 Å². The van der Waals surface area contributed by atoms with Gasteiger partial charge in [0.25, 0.3) is 11.1 Å². The van der Waals surface area contributed by atoms with Gasteiger partial charge in [-0.05, 0) is 37.7 Å². The number of amides is 2. The molecule has 0 aliphatic carbocycles. The maximum Gasteiger partial charge on any atom is 0.298 e. The molecule has 2 saturated heterocycles. The monoisotopic (exact) mass is 323 g/mol. The lowest BCUT2D eigenvalue weighted by atomic mass is 10.2. The summed E-state index contributed by atoms with van der Waals surface area (Å²) < 4.78 is 10.9. The first-order valence-corrected chi connectivity index (χ1v) is 8.12. The van der Waals surface area contributed by atoms with Crippen LogP contribution in [0.25, 0.3) is 6.08 Å². The Kier molecular flexibility index (Phi) is 4.37. The minimum Gasteiger partial charge on any atom is -0.465 e. The molecule has 0 aromatic carbocycles. The van der Waals surface area contributed by atoms with E-state index in [0.29, 0.717) is 17.3 Å². The lowest BCUT2D eigenvalue weighted by Gasteiger charge is -2.33. The van der Waals surface area contributed by atoms with Crippen molar-refractivity contribution in [3.05, 3.63) is 29.1 Å². The van der Waals surface area contributed by atoms with E-state index in [0.717, 1.165) is 24.9 Å². The highest BCUT2D eigenvalue weighted by Crippen LogP contribution is 2.31. The third kappa shape index (κ3) is 3.26. The Morgan fingerprint density at radius 3 is 2.73 bits per heavy atom. The predicted molar refractivity (Wildman–Crippen MR) is 82.1 cm³/mol. The number of hydrogen-bond donors (Lipinski definition) is 1. The molecule has 3 heterocycles. The first-order valence-electron chi connectivity index (χ1n) is 7.31. The van der Waals surface area contributed by atoms with Gasteiger partial charge in [-0.15, -0.1) is 0 Å². The molecular weight excluding hydrogens is 304 g/mol. The number of hydrogen-bond acceptors (Lipinski definition) is 5. The SMILES string of the molecule is C[C@@H]1C[NH+](CN2C(=O)S/C(=C\c3ccco3)C2=O)C[C@@H](C)O1. The smallest absolute Gasteiger partial charge is 0.298 e. The number of nitrogens with one attached hydrogen (secondary N) is 1. The van der Waals surface area contributed by atoms with Crippen LogP contribution in [0.3, 0.4) is 0 Å². The van der Waals surface area contributed by atoms with E-state index >= 15 is 0 Å². The van der Waals surface area contributed by atoms with Crippen LogP contribution >= 0.6 is 11.8 Å². The Morgan fingerprint density at radius 2 is 2.09 bits per heavy atom. The van der Waals surface area contributed by atoms with Crippen LogP contribution in [0.4, 0.5) is 4.79 Å². The van der Waals surface area contributed by atoms with Gasteiger partial charge in [-0.2, -0.15) is 0 Å². The Labute approximate surface area is 133 Å². The van der Waals surface area contributed by atoms with Gasteiger partial charge in [0.15, 0.2) is 6.67 Å². The van der Waals surface area contributed by atoms with Crippen LogP contribution in [0, 0.1) is 0 Å². The number of quaternary nitrogens is 1. The van der Waals surface area contributed by atoms with Gasteiger partial charge in [0.05, 0.1) is 11.2 Å². The fourth-order valence-electron chi connectivity index (χ4n) is 2.88. The highest BCUT2D eigenvalue weighted by atomic mass is 32.2. The van der Waals surface area contributed by atoms with Gasteiger partial charge < -0.3 is 14.1 Å². The second kappa shape index (κ2) is 6.28. The van der Waals surface area contributed by atoms with Gasteiger partial charge in [0.1, 0.15) is 31.1 Å². The van der Waals surface area contributed by atoms with Gasteiger partial charge in [0, 0.05) is 6.08 Å². The number of furan rings is 1. The van der Waals surface area contributed by atoms with Crippen LogP contribution in [0.2, 0.25) is 0 Å². The number of nitrogens with zero attached hydrogens (tertiary/aromatic N) is 1. The van der Waals surface area contributed by atoms with E-state index in [1.54, 1.807) is 18.2 Å². The van der Waals surface area contributed by atoms with Crippen molar-refractivity contribution in [2.75, 3.05) is 19.8 Å². The first kappa shape index (κ1) is 15.3. The van der Waals surface area contributed by atoms with Crippen molar-refractivity contribution in [1.29, 1.82) is 0 Å². The normalized spacial score (nSPS) is 31.3. The van der Waals surface area contributed by atoms with Crippen LogP contribution in [-0.2, 0) is 9.53 Å². The molecule has 2 atom stereocenters. The van der Waals surface area contributed by atoms with Crippen LogP contribution in [0.5, 0.6) is 0 Å². The largest absolute Gasteiger partial charge is 0.465 e. The molecule has 1 aromatic rings. The minimum atomic E-state index is -0.245. The molecule has 0 spiro atoms. The van der Waals surface area contributed by atoms with Gasteiger partial charge in [-0.3, -0.25) is 9.59 Å². The molecule has 3 rings (SSSR count). The quantitative estimate of drug-likeness (QED) is 0.840. The van der Waals surface area contributed by atoms with E-state index in [1.165, 1.54) is 16.1 Å². The highest BCUT2D eigenvalue weighted by Gasteiger charge is 2.39. The van der Waals surface area contributed by atoms with Crippen molar-refractivity contribution in [3.8, 4) is 0 Å². The Morgan fingerprint density at radius 1 is 1.36 bits per heavy atom. The van der Waals surface area contributed by atoms with E-state index in [2.05, 4.69) is 0 Å². The average Bonchev–Trinajstić information content (AvgIpc) is 3.03. The van der Waals surface area contributed by atoms with Crippen molar-refractivity contribution in [2.45, 2.75) is 26.1 Å². The van der Waals surface area contributed by atoms with Crippen LogP contribution in [-0.4, -0.2) is 48.0 Å². The second-order valence-electron chi connectivity index (χ2n) is 5.70. The zero-order chi connectivity index (χ0) is 15.7. The number of ether oxygens (including phenoxy) is 1. The molecule has 22 heavy (non-hydrogen) atoms. The summed E-state index contributed by atoms with van der Waals surface area (Å²) in [5.74, 6) is 0.331. The third-order valence-corrected chi connectivity index (χ3v) is 4.60. The number of carbonyl (C=O) groups excluding carboxylic acids is 2. The third-order valence-electron chi connectivity index (χ3n) is 3.69. The molecule has 2 fully saturated rings. The summed E-state index contributed by atoms with van der Waals surface area (Å²) >= 11 is 0.964. The zero-order valence-corrected chi connectivity index (χ0v) is 13.4. The molecule has 7 heteroatoms. The lowest BCUT2D eigenvalue weighted by Crippen LogP contribution is -3.16. The van der Waals surface area contributed by atoms with Gasteiger partial charge in [-0.1, -0.05) is 0 Å². The molecule has 2 aliphatic heterocycles. The van der Waals surface area contributed by atoms with Crippen LogP contribution in [0.1, 0.15) is 19.6 Å². The lowest BCUT2D eigenvalue weighted by molar-refractivity contribution is -0.921. The van der Waals surface area contributed by atoms with Crippen LogP contribution < -0.4 is 4.90 Å². The maximum atomic E-state index is 12.4. The molecule has 2 amide bonds. The molecule has 0 unspecified atom stereocenters. The molecule has 1 N–H and O–H groups in total. The second-order valence-corrected chi connectivity index (χ2v) is 6.69. The number of thioether (sulfide) groups is 1. The topological polar surface area (TPSA) is 64.2 Å². The van der Waals surface area contributed by atoms with Gasteiger partial charge >= 0.3 is 0 Å². The fourth-order valence-corrected chi connectivity index (χ4v) is 3.70. The van der Waals surface area contributed by atoms with E-state index in [-0.39, 0.29) is 23.4 Å². The summed E-state index contributed by atoms with van der Waals surface area (Å²) in [6.07, 6.45) is 3.43. The summed E-state index contributed by atoms with van der Waals surface area (Å²) in [4.78, 5) is 27.4.